The maximum atomic E-state index is 12.8. The quantitative estimate of drug-likeness (QED) is 0.831. The Labute approximate surface area is 110 Å². The number of halogens is 2. The van der Waals surface area contributed by atoms with Crippen molar-refractivity contribution in [2.75, 3.05) is 13.2 Å². The van der Waals surface area contributed by atoms with Crippen LogP contribution in [0.1, 0.15) is 13.3 Å². The Hall–Kier alpha value is -1.33. The van der Waals surface area contributed by atoms with E-state index < -0.39 is 11.9 Å². The molecule has 1 aromatic rings. The smallest absolute Gasteiger partial charge is 0.257 e. The highest BCUT2D eigenvalue weighted by atomic mass is 35.5. The molecule has 0 saturated carbocycles. The molecule has 0 spiro atoms. The standard InChI is InChI=1S/C12H15ClFNO3/c1-8(16)4-5-15-12(17)7-18-9-2-3-11(14)10(13)6-9/h2-3,6,8,16H,4-5,7H2,1H3,(H,15,17). The molecule has 0 saturated heterocycles. The first-order valence-electron chi connectivity index (χ1n) is 5.51. The second-order valence-corrected chi connectivity index (χ2v) is 4.26. The van der Waals surface area contributed by atoms with E-state index in [-0.39, 0.29) is 17.5 Å². The molecule has 0 aliphatic heterocycles. The third-order valence-corrected chi connectivity index (χ3v) is 2.43. The van der Waals surface area contributed by atoms with Crippen molar-refractivity contribution in [3.63, 3.8) is 0 Å². The van der Waals surface area contributed by atoms with Crippen LogP contribution in [0.3, 0.4) is 0 Å². The van der Waals surface area contributed by atoms with Gasteiger partial charge in [-0.2, -0.15) is 0 Å². The second-order valence-electron chi connectivity index (χ2n) is 3.85. The predicted molar refractivity (Wildman–Crippen MR) is 66.2 cm³/mol. The van der Waals surface area contributed by atoms with Crippen LogP contribution in [-0.4, -0.2) is 30.3 Å². The normalized spacial score (nSPS) is 12.0. The number of rotatable bonds is 6. The average molecular weight is 276 g/mol. The summed E-state index contributed by atoms with van der Waals surface area (Å²) in [5.41, 5.74) is 0. The summed E-state index contributed by atoms with van der Waals surface area (Å²) in [6.07, 6.45) is 0.0239. The Kier molecular flexibility index (Phi) is 5.88. The van der Waals surface area contributed by atoms with Gasteiger partial charge in [0.1, 0.15) is 11.6 Å². The van der Waals surface area contributed by atoms with Crippen molar-refractivity contribution in [1.82, 2.24) is 5.32 Å². The fraction of sp³-hybridized carbons (Fsp3) is 0.417. The van der Waals surface area contributed by atoms with E-state index >= 15 is 0 Å². The van der Waals surface area contributed by atoms with Gasteiger partial charge in [-0.1, -0.05) is 11.6 Å². The van der Waals surface area contributed by atoms with Crippen LogP contribution < -0.4 is 10.1 Å². The lowest BCUT2D eigenvalue weighted by molar-refractivity contribution is -0.123. The van der Waals surface area contributed by atoms with Crippen LogP contribution >= 0.6 is 11.6 Å². The first kappa shape index (κ1) is 14.7. The summed E-state index contributed by atoms with van der Waals surface area (Å²) in [6, 6.07) is 3.87. The summed E-state index contributed by atoms with van der Waals surface area (Å²) in [7, 11) is 0. The molecule has 2 N–H and O–H groups in total. The Morgan fingerprint density at radius 2 is 2.33 bits per heavy atom. The van der Waals surface area contributed by atoms with Crippen molar-refractivity contribution in [2.24, 2.45) is 0 Å². The van der Waals surface area contributed by atoms with Crippen molar-refractivity contribution in [1.29, 1.82) is 0 Å². The van der Waals surface area contributed by atoms with Gasteiger partial charge in [0.25, 0.3) is 5.91 Å². The third kappa shape index (κ3) is 5.33. The first-order chi connectivity index (χ1) is 8.49. The largest absolute Gasteiger partial charge is 0.484 e. The fourth-order valence-corrected chi connectivity index (χ4v) is 1.36. The molecule has 18 heavy (non-hydrogen) atoms. The Morgan fingerprint density at radius 1 is 1.61 bits per heavy atom. The van der Waals surface area contributed by atoms with Gasteiger partial charge in [-0.25, -0.2) is 4.39 Å². The number of hydrogen-bond donors (Lipinski definition) is 2. The maximum Gasteiger partial charge on any atom is 0.257 e. The zero-order chi connectivity index (χ0) is 13.5. The fourth-order valence-electron chi connectivity index (χ4n) is 1.19. The van der Waals surface area contributed by atoms with E-state index in [0.717, 1.165) is 0 Å². The van der Waals surface area contributed by atoms with Gasteiger partial charge in [0.15, 0.2) is 6.61 Å². The third-order valence-electron chi connectivity index (χ3n) is 2.15. The topological polar surface area (TPSA) is 58.6 Å². The van der Waals surface area contributed by atoms with E-state index in [1.165, 1.54) is 18.2 Å². The van der Waals surface area contributed by atoms with E-state index in [4.69, 9.17) is 21.4 Å². The summed E-state index contributed by atoms with van der Waals surface area (Å²) < 4.78 is 18.0. The Morgan fingerprint density at radius 3 is 2.94 bits per heavy atom. The molecule has 0 bridgehead atoms. The molecule has 0 fully saturated rings. The van der Waals surface area contributed by atoms with Crippen LogP contribution in [0.2, 0.25) is 5.02 Å². The molecule has 4 nitrogen and oxygen atoms in total. The van der Waals surface area contributed by atoms with Crippen molar-refractivity contribution < 1.29 is 19.0 Å². The zero-order valence-corrected chi connectivity index (χ0v) is 10.7. The second kappa shape index (κ2) is 7.18. The van der Waals surface area contributed by atoms with Crippen LogP contribution in [0.25, 0.3) is 0 Å². The molecule has 0 aromatic heterocycles. The summed E-state index contributed by atoms with van der Waals surface area (Å²) in [5, 5.41) is 11.5. The van der Waals surface area contributed by atoms with Gasteiger partial charge < -0.3 is 15.2 Å². The van der Waals surface area contributed by atoms with Crippen molar-refractivity contribution in [2.45, 2.75) is 19.4 Å². The van der Waals surface area contributed by atoms with Gasteiger partial charge in [-0.15, -0.1) is 0 Å². The summed E-state index contributed by atoms with van der Waals surface area (Å²) >= 11 is 5.56. The Balaban J connectivity index is 2.31. The lowest BCUT2D eigenvalue weighted by atomic mass is 10.3. The summed E-state index contributed by atoms with van der Waals surface area (Å²) in [6.45, 7) is 1.84. The molecule has 1 aromatic carbocycles. The number of ether oxygens (including phenoxy) is 1. The molecule has 1 atom stereocenters. The van der Waals surface area contributed by atoms with Gasteiger partial charge in [0.05, 0.1) is 11.1 Å². The number of carbonyl (C=O) groups excluding carboxylic acids is 1. The lowest BCUT2D eigenvalue weighted by Crippen LogP contribution is -2.31. The van der Waals surface area contributed by atoms with Crippen molar-refractivity contribution in [3.05, 3.63) is 29.0 Å². The molecule has 0 aliphatic carbocycles. The highest BCUT2D eigenvalue weighted by Crippen LogP contribution is 2.20. The molecular weight excluding hydrogens is 261 g/mol. The molecule has 0 radical (unpaired) electrons. The van der Waals surface area contributed by atoms with Crippen molar-refractivity contribution >= 4 is 17.5 Å². The molecule has 1 rings (SSSR count). The predicted octanol–water partition coefficient (Wildman–Crippen LogP) is 1.74. The van der Waals surface area contributed by atoms with E-state index in [0.29, 0.717) is 18.7 Å². The molecule has 0 heterocycles. The number of aliphatic hydroxyl groups excluding tert-OH is 1. The number of hydrogen-bond acceptors (Lipinski definition) is 3. The highest BCUT2D eigenvalue weighted by Gasteiger charge is 2.05. The molecule has 1 amide bonds. The number of aliphatic hydroxyl groups is 1. The molecular formula is C12H15ClFNO3. The maximum absolute atomic E-state index is 12.8. The molecule has 1 unspecified atom stereocenters. The SMILES string of the molecule is CC(O)CCNC(=O)COc1ccc(F)c(Cl)c1. The Bertz CT molecular complexity index is 412. The molecule has 100 valence electrons. The number of carbonyl (C=O) groups is 1. The van der Waals surface area contributed by atoms with Gasteiger partial charge in [-0.3, -0.25) is 4.79 Å². The summed E-state index contributed by atoms with van der Waals surface area (Å²) in [4.78, 5) is 11.3. The molecule has 0 aliphatic rings. The molecule has 6 heteroatoms. The number of benzene rings is 1. The van der Waals surface area contributed by atoms with Crippen LogP contribution in [0.5, 0.6) is 5.75 Å². The van der Waals surface area contributed by atoms with E-state index in [9.17, 15) is 9.18 Å². The lowest BCUT2D eigenvalue weighted by Gasteiger charge is -2.08. The monoisotopic (exact) mass is 275 g/mol. The average Bonchev–Trinajstić information content (AvgIpc) is 2.30. The minimum Gasteiger partial charge on any atom is -0.484 e. The van der Waals surface area contributed by atoms with E-state index in [1.807, 2.05) is 0 Å². The van der Waals surface area contributed by atoms with E-state index in [1.54, 1.807) is 6.92 Å². The van der Waals surface area contributed by atoms with Crippen molar-refractivity contribution in [3.8, 4) is 5.75 Å². The van der Waals surface area contributed by atoms with Crippen LogP contribution in [0, 0.1) is 5.82 Å². The minimum atomic E-state index is -0.537. The van der Waals surface area contributed by atoms with Crippen LogP contribution in [0.4, 0.5) is 4.39 Å². The highest BCUT2D eigenvalue weighted by molar-refractivity contribution is 6.30. The van der Waals surface area contributed by atoms with Gasteiger partial charge in [-0.05, 0) is 25.5 Å². The van der Waals surface area contributed by atoms with Crippen LogP contribution in [-0.2, 0) is 4.79 Å². The number of nitrogens with one attached hydrogen (secondary N) is 1. The van der Waals surface area contributed by atoms with E-state index in [2.05, 4.69) is 5.32 Å². The summed E-state index contributed by atoms with van der Waals surface area (Å²) in [5.74, 6) is -0.520. The van der Waals surface area contributed by atoms with Gasteiger partial charge in [0.2, 0.25) is 0 Å². The number of amides is 1. The van der Waals surface area contributed by atoms with Gasteiger partial charge >= 0.3 is 0 Å². The first-order valence-corrected chi connectivity index (χ1v) is 5.89. The van der Waals surface area contributed by atoms with Crippen LogP contribution in [0.15, 0.2) is 18.2 Å². The zero-order valence-electron chi connectivity index (χ0n) is 9.95. The minimum absolute atomic E-state index is 0.0537. The van der Waals surface area contributed by atoms with Gasteiger partial charge in [0, 0.05) is 12.6 Å².